The van der Waals surface area contributed by atoms with Crippen LogP contribution in [0, 0.1) is 0 Å². The Kier molecular flexibility index (Phi) is 7.08. The average molecular weight is 471 g/mol. The number of hydrogen-bond donors (Lipinski definition) is 4. The quantitative estimate of drug-likeness (QED) is 0.135. The number of aromatic nitrogens is 1. The number of amidine groups is 1. The van der Waals surface area contributed by atoms with E-state index in [9.17, 15) is 9.59 Å². The molecule has 3 aromatic carbocycles. The third kappa shape index (κ3) is 5.48. The molecular weight excluding hydrogens is 444 g/mol. The van der Waals surface area contributed by atoms with Crippen LogP contribution in [0.1, 0.15) is 27.0 Å². The highest BCUT2D eigenvalue weighted by Crippen LogP contribution is 2.15. The Morgan fingerprint density at radius 2 is 1.77 bits per heavy atom. The number of ether oxygens (including phenoxy) is 1. The van der Waals surface area contributed by atoms with Crippen molar-refractivity contribution in [2.75, 3.05) is 7.11 Å². The molecule has 9 nitrogen and oxygen atoms in total. The highest BCUT2D eigenvalue weighted by Gasteiger charge is 2.10. The van der Waals surface area contributed by atoms with Crippen LogP contribution in [-0.2, 0) is 13.1 Å². The fourth-order valence-electron chi connectivity index (χ4n) is 3.72. The smallest absolute Gasteiger partial charge is 0.258 e. The number of hydrazone groups is 1. The number of pyridine rings is 1. The summed E-state index contributed by atoms with van der Waals surface area (Å²) in [5.41, 5.74) is 10.8. The van der Waals surface area contributed by atoms with Crippen LogP contribution < -0.4 is 32.7 Å². The summed E-state index contributed by atoms with van der Waals surface area (Å²) in [7, 11) is 1.60. The first-order chi connectivity index (χ1) is 17.0. The Balaban J connectivity index is 1.52. The molecule has 1 amide bonds. The Labute approximate surface area is 202 Å². The lowest BCUT2D eigenvalue weighted by atomic mass is 10.1. The van der Waals surface area contributed by atoms with Gasteiger partial charge in [-0.15, -0.1) is 5.10 Å². The number of benzene rings is 3. The second-order valence-electron chi connectivity index (χ2n) is 7.91. The lowest BCUT2D eigenvalue weighted by molar-refractivity contribution is 0.0951. The maximum atomic E-state index is 13.2. The number of nitrogens with two attached hydrogens (primary N) is 2. The van der Waals surface area contributed by atoms with E-state index >= 15 is 0 Å². The van der Waals surface area contributed by atoms with Crippen molar-refractivity contribution in [3.63, 3.8) is 0 Å². The largest absolute Gasteiger partial charge is 0.497 e. The van der Waals surface area contributed by atoms with Crippen molar-refractivity contribution in [2.24, 2.45) is 16.7 Å². The Morgan fingerprint density at radius 1 is 1.00 bits per heavy atom. The molecule has 0 atom stereocenters. The van der Waals surface area contributed by atoms with Gasteiger partial charge >= 0.3 is 0 Å². The molecule has 4 rings (SSSR count). The van der Waals surface area contributed by atoms with Gasteiger partial charge in [0.1, 0.15) is 5.75 Å². The zero-order valence-corrected chi connectivity index (χ0v) is 19.2. The maximum absolute atomic E-state index is 13.2. The SMILES string of the molecule is COc1cccc(CNC(=O)c2ccc3ccn(Cc4ccc(/C(N)=N/NN)cc4)c(=O)c3c2)c1. The van der Waals surface area contributed by atoms with Crippen molar-refractivity contribution < 1.29 is 9.53 Å². The average Bonchev–Trinajstić information content (AvgIpc) is 2.89. The predicted octanol–water partition coefficient (Wildman–Crippen LogP) is 2.07. The summed E-state index contributed by atoms with van der Waals surface area (Å²) in [6.07, 6.45) is 1.75. The van der Waals surface area contributed by atoms with Crippen molar-refractivity contribution >= 4 is 22.5 Å². The van der Waals surface area contributed by atoms with Crippen LogP contribution in [-0.4, -0.2) is 23.4 Å². The molecule has 0 aliphatic heterocycles. The molecule has 0 saturated carbocycles. The van der Waals surface area contributed by atoms with Gasteiger partial charge in [0.2, 0.25) is 0 Å². The van der Waals surface area contributed by atoms with Crippen molar-refractivity contribution in [3.05, 3.63) is 112 Å². The van der Waals surface area contributed by atoms with Gasteiger partial charge in [0, 0.05) is 29.3 Å². The topological polar surface area (TPSA) is 137 Å². The normalized spacial score (nSPS) is 11.3. The second-order valence-corrected chi connectivity index (χ2v) is 7.91. The molecule has 0 radical (unpaired) electrons. The van der Waals surface area contributed by atoms with Gasteiger partial charge in [-0.25, -0.2) is 11.4 Å². The molecule has 0 aliphatic rings. The van der Waals surface area contributed by atoms with E-state index in [1.54, 1.807) is 36.1 Å². The molecule has 35 heavy (non-hydrogen) atoms. The van der Waals surface area contributed by atoms with E-state index in [0.29, 0.717) is 29.6 Å². The summed E-state index contributed by atoms with van der Waals surface area (Å²) in [6.45, 7) is 0.715. The highest BCUT2D eigenvalue weighted by molar-refractivity contribution is 5.98. The summed E-state index contributed by atoms with van der Waals surface area (Å²) in [5.74, 6) is 5.89. The molecule has 0 spiro atoms. The van der Waals surface area contributed by atoms with E-state index in [-0.39, 0.29) is 17.3 Å². The fourth-order valence-corrected chi connectivity index (χ4v) is 3.72. The number of hydrogen-bond acceptors (Lipinski definition) is 6. The summed E-state index contributed by atoms with van der Waals surface area (Å²) < 4.78 is 6.83. The first-order valence-electron chi connectivity index (χ1n) is 10.9. The number of hydrazine groups is 1. The predicted molar refractivity (Wildman–Crippen MR) is 136 cm³/mol. The van der Waals surface area contributed by atoms with Crippen LogP contribution in [0.15, 0.2) is 88.9 Å². The van der Waals surface area contributed by atoms with E-state index < -0.39 is 0 Å². The minimum atomic E-state index is -0.258. The summed E-state index contributed by atoms with van der Waals surface area (Å²) in [6, 6.07) is 21.8. The van der Waals surface area contributed by atoms with E-state index in [2.05, 4.69) is 16.0 Å². The van der Waals surface area contributed by atoms with Gasteiger partial charge in [0.05, 0.1) is 13.7 Å². The van der Waals surface area contributed by atoms with Crippen LogP contribution >= 0.6 is 0 Å². The number of carbonyl (C=O) groups is 1. The minimum Gasteiger partial charge on any atom is -0.497 e. The number of nitrogens with zero attached hydrogens (tertiary/aromatic N) is 2. The molecule has 6 N–H and O–H groups in total. The van der Waals surface area contributed by atoms with Gasteiger partial charge in [-0.1, -0.05) is 42.5 Å². The summed E-state index contributed by atoms with van der Waals surface area (Å²) in [4.78, 5) is 25.9. The number of nitrogens with one attached hydrogen (secondary N) is 2. The first-order valence-corrected chi connectivity index (χ1v) is 10.9. The Bertz CT molecular complexity index is 1440. The van der Waals surface area contributed by atoms with Gasteiger partial charge < -0.3 is 20.4 Å². The number of fused-ring (bicyclic) bond motifs is 1. The van der Waals surface area contributed by atoms with Crippen LogP contribution in [0.2, 0.25) is 0 Å². The molecule has 0 aliphatic carbocycles. The van der Waals surface area contributed by atoms with Gasteiger partial charge in [0.15, 0.2) is 5.84 Å². The molecule has 0 bridgehead atoms. The Morgan fingerprint density at radius 3 is 2.51 bits per heavy atom. The maximum Gasteiger partial charge on any atom is 0.258 e. The lowest BCUT2D eigenvalue weighted by Crippen LogP contribution is -2.24. The van der Waals surface area contributed by atoms with Gasteiger partial charge in [-0.3, -0.25) is 9.59 Å². The minimum absolute atomic E-state index is 0.178. The summed E-state index contributed by atoms with van der Waals surface area (Å²) in [5, 5.41) is 7.88. The molecule has 4 aromatic rings. The van der Waals surface area contributed by atoms with Crippen LogP contribution in [0.4, 0.5) is 0 Å². The zero-order chi connectivity index (χ0) is 24.8. The van der Waals surface area contributed by atoms with Crippen LogP contribution in [0.3, 0.4) is 0 Å². The van der Waals surface area contributed by atoms with Gasteiger partial charge in [-0.05, 0) is 46.8 Å². The van der Waals surface area contributed by atoms with Gasteiger partial charge in [-0.2, -0.15) is 0 Å². The van der Waals surface area contributed by atoms with Crippen LogP contribution in [0.5, 0.6) is 5.75 Å². The molecular formula is C26H26N6O3. The van der Waals surface area contributed by atoms with Crippen molar-refractivity contribution in [2.45, 2.75) is 13.1 Å². The fraction of sp³-hybridized carbons (Fsp3) is 0.115. The molecule has 0 unspecified atom stereocenters. The van der Waals surface area contributed by atoms with E-state index in [0.717, 1.165) is 22.3 Å². The second kappa shape index (κ2) is 10.5. The molecule has 178 valence electrons. The van der Waals surface area contributed by atoms with E-state index in [4.69, 9.17) is 16.3 Å². The van der Waals surface area contributed by atoms with E-state index in [1.807, 2.05) is 54.6 Å². The van der Waals surface area contributed by atoms with E-state index in [1.165, 1.54) is 0 Å². The third-order valence-corrected chi connectivity index (χ3v) is 5.62. The van der Waals surface area contributed by atoms with Gasteiger partial charge in [0.25, 0.3) is 11.5 Å². The van der Waals surface area contributed by atoms with Crippen molar-refractivity contribution in [3.8, 4) is 5.75 Å². The third-order valence-electron chi connectivity index (χ3n) is 5.62. The molecule has 0 saturated heterocycles. The summed E-state index contributed by atoms with van der Waals surface area (Å²) >= 11 is 0. The van der Waals surface area contributed by atoms with Crippen molar-refractivity contribution in [1.29, 1.82) is 0 Å². The molecule has 1 aromatic heterocycles. The standard InChI is InChI=1S/C26H26N6O3/c1-35-22-4-2-3-18(13-22)15-29-25(33)21-10-9-19-11-12-32(26(34)23(19)14-21)16-17-5-7-20(8-6-17)24(27)30-31-28/h2-14,31H,15-16,28H2,1H3,(H2,27,30)(H,29,33). The number of rotatable bonds is 8. The molecule has 0 fully saturated rings. The zero-order valence-electron chi connectivity index (χ0n) is 19.2. The Hall–Kier alpha value is -4.63. The molecule has 9 heteroatoms. The first kappa shape index (κ1) is 23.5. The van der Waals surface area contributed by atoms with Crippen molar-refractivity contribution in [1.82, 2.24) is 15.4 Å². The number of carbonyl (C=O) groups excluding carboxylic acids is 1. The lowest BCUT2D eigenvalue weighted by Gasteiger charge is -2.10. The number of amides is 1. The molecule has 1 heterocycles. The number of methoxy groups -OCH3 is 1. The van der Waals surface area contributed by atoms with Crippen LogP contribution in [0.25, 0.3) is 10.8 Å². The highest BCUT2D eigenvalue weighted by atomic mass is 16.5. The monoisotopic (exact) mass is 470 g/mol.